The minimum atomic E-state index is -0.483. The smallest absolute Gasteiger partial charge is 0.648 e. The number of carbonyl (C=O) groups is 4. The van der Waals surface area contributed by atoms with Crippen molar-refractivity contribution in [3.63, 3.8) is 0 Å². The summed E-state index contributed by atoms with van der Waals surface area (Å²) in [6, 6.07) is 7.21. The van der Waals surface area contributed by atoms with Gasteiger partial charge in [-0.3, -0.25) is 4.79 Å². The molecular weight excluding hydrogens is 560 g/mol. The molecule has 0 radical (unpaired) electrons. The maximum Gasteiger partial charge on any atom is 1.00 e. The number of nitrogens with one attached hydrogen (secondary N) is 2. The third kappa shape index (κ3) is 14.1. The van der Waals surface area contributed by atoms with Gasteiger partial charge in [0.05, 0.1) is 25.7 Å². The van der Waals surface area contributed by atoms with Crippen LogP contribution in [0.2, 0.25) is 0 Å². The molecule has 1 aromatic carbocycles. The van der Waals surface area contributed by atoms with Crippen LogP contribution in [0.3, 0.4) is 0 Å². The predicted octanol–water partition coefficient (Wildman–Crippen LogP) is 1.60. The fourth-order valence-electron chi connectivity index (χ4n) is 4.00. The van der Waals surface area contributed by atoms with Crippen molar-refractivity contribution in [1.82, 2.24) is 10.6 Å². The van der Waals surface area contributed by atoms with E-state index in [1.165, 1.54) is 0 Å². The third-order valence-corrected chi connectivity index (χ3v) is 6.06. The molecule has 0 bridgehead atoms. The number of ether oxygens (including phenoxy) is 2. The summed E-state index contributed by atoms with van der Waals surface area (Å²) < 4.78 is 10.4. The molecule has 0 heterocycles. The molecule has 1 aromatic rings. The van der Waals surface area contributed by atoms with Gasteiger partial charge in [0.15, 0.2) is 5.78 Å². The van der Waals surface area contributed by atoms with Gasteiger partial charge >= 0.3 is 64.3 Å². The Bertz CT molecular complexity index is 933. The van der Waals surface area contributed by atoms with Crippen LogP contribution in [0, 0.1) is 0 Å². The SMILES string of the molecule is CNC1=C(C(=O)c2ccc(C[N-]C(=O)COCCCOC(=O)NCCCCCC(C)=O)cc2)CCCC1.[Rb+]. The first-order chi connectivity index (χ1) is 17.9. The Morgan fingerprint density at radius 2 is 1.68 bits per heavy atom. The number of Topliss-reactive ketones (excluding diaryl/α,β-unsaturated/α-hetero) is 2. The number of allylic oxidation sites excluding steroid dienone is 2. The Morgan fingerprint density at radius 1 is 0.947 bits per heavy atom. The van der Waals surface area contributed by atoms with Gasteiger partial charge in [0, 0.05) is 43.3 Å². The van der Waals surface area contributed by atoms with E-state index in [9.17, 15) is 19.2 Å². The van der Waals surface area contributed by atoms with E-state index >= 15 is 0 Å². The fraction of sp³-hybridized carbons (Fsp3) is 0.571. The van der Waals surface area contributed by atoms with Crippen LogP contribution in [0.1, 0.15) is 80.6 Å². The van der Waals surface area contributed by atoms with Crippen LogP contribution in [0.4, 0.5) is 4.79 Å². The number of hydrogen-bond donors (Lipinski definition) is 2. The Balaban J connectivity index is 0.00000722. The van der Waals surface area contributed by atoms with E-state index in [1.54, 1.807) is 19.1 Å². The van der Waals surface area contributed by atoms with Crippen molar-refractivity contribution in [2.45, 2.75) is 71.3 Å². The number of carbonyl (C=O) groups excluding carboxylic acids is 4. The van der Waals surface area contributed by atoms with Crippen molar-refractivity contribution in [1.29, 1.82) is 0 Å². The monoisotopic (exact) mass is 599 g/mol. The Hall–Kier alpha value is -1.39. The number of amides is 2. The van der Waals surface area contributed by atoms with Crippen molar-refractivity contribution in [2.75, 3.05) is 33.4 Å². The second-order valence-corrected chi connectivity index (χ2v) is 9.13. The van der Waals surface area contributed by atoms with Crippen molar-refractivity contribution in [3.05, 3.63) is 52.0 Å². The van der Waals surface area contributed by atoms with E-state index in [4.69, 9.17) is 9.47 Å². The second kappa shape index (κ2) is 20.5. The quantitative estimate of drug-likeness (QED) is 0.206. The normalized spacial score (nSPS) is 12.8. The molecule has 2 rings (SSSR count). The molecule has 0 atom stereocenters. The van der Waals surface area contributed by atoms with Crippen LogP contribution < -0.4 is 68.8 Å². The van der Waals surface area contributed by atoms with Crippen LogP contribution in [-0.2, 0) is 25.6 Å². The second-order valence-electron chi connectivity index (χ2n) is 9.13. The van der Waals surface area contributed by atoms with Crippen LogP contribution in [0.5, 0.6) is 0 Å². The summed E-state index contributed by atoms with van der Waals surface area (Å²) in [5.74, 6) is -0.130. The molecule has 204 valence electrons. The largest absolute Gasteiger partial charge is 1.00 e. The topological polar surface area (TPSA) is 125 Å². The summed E-state index contributed by atoms with van der Waals surface area (Å²) in [7, 11) is 1.86. The first-order valence-corrected chi connectivity index (χ1v) is 13.1. The van der Waals surface area contributed by atoms with Crippen LogP contribution in [0.25, 0.3) is 5.32 Å². The number of unbranched alkanes of at least 4 members (excludes halogenated alkanes) is 2. The molecule has 38 heavy (non-hydrogen) atoms. The van der Waals surface area contributed by atoms with Gasteiger partial charge in [-0.1, -0.05) is 36.2 Å². The Morgan fingerprint density at radius 3 is 2.39 bits per heavy atom. The van der Waals surface area contributed by atoms with Crippen LogP contribution in [0.15, 0.2) is 35.5 Å². The Kier molecular flexibility index (Phi) is 18.7. The standard InChI is InChI=1S/C28H41N3O6.Rb/c1-21(32)9-4-3-7-16-30-28(35)37-18-8-17-36-20-26(33)31-19-22-12-14-23(15-13-22)27(34)24-10-5-6-11-25(24)29-2;/h12-15H,3-11,16-20H2,1-2H3,(H3,29,30,31,33,34,35);/q;+1/p-1. The molecule has 2 amide bonds. The van der Waals surface area contributed by atoms with Crippen LogP contribution in [-0.4, -0.2) is 57.0 Å². The van der Waals surface area contributed by atoms with Crippen LogP contribution >= 0.6 is 0 Å². The number of ketones is 2. The van der Waals surface area contributed by atoms with E-state index in [0.29, 0.717) is 24.9 Å². The van der Waals surface area contributed by atoms with Crippen molar-refractivity contribution in [3.8, 4) is 0 Å². The molecule has 0 aromatic heterocycles. The summed E-state index contributed by atoms with van der Waals surface area (Å²) >= 11 is 0. The number of alkyl carbamates (subject to hydrolysis) is 1. The zero-order chi connectivity index (χ0) is 26.9. The molecule has 10 heteroatoms. The van der Waals surface area contributed by atoms with Crippen molar-refractivity contribution in [2.24, 2.45) is 0 Å². The number of benzene rings is 1. The van der Waals surface area contributed by atoms with E-state index < -0.39 is 6.09 Å². The minimum Gasteiger partial charge on any atom is -0.648 e. The summed E-state index contributed by atoms with van der Waals surface area (Å²) in [5.41, 5.74) is 3.38. The molecule has 1 aliphatic rings. The van der Waals surface area contributed by atoms with Gasteiger partial charge in [0.25, 0.3) is 0 Å². The van der Waals surface area contributed by atoms with Gasteiger partial charge in [-0.05, 0) is 45.4 Å². The van der Waals surface area contributed by atoms with E-state index in [1.807, 2.05) is 19.2 Å². The van der Waals surface area contributed by atoms with Gasteiger partial charge in [-0.15, -0.1) is 6.54 Å². The molecular formula is C28H40N3O6Rb. The molecule has 0 saturated carbocycles. The maximum absolute atomic E-state index is 12.8. The van der Waals surface area contributed by atoms with Crippen molar-refractivity contribution >= 4 is 23.6 Å². The number of nitrogens with zero attached hydrogens (tertiary/aromatic N) is 1. The van der Waals surface area contributed by atoms with E-state index in [0.717, 1.165) is 61.8 Å². The fourth-order valence-corrected chi connectivity index (χ4v) is 4.00. The average Bonchev–Trinajstić information content (AvgIpc) is 2.91. The van der Waals surface area contributed by atoms with E-state index in [2.05, 4.69) is 16.0 Å². The van der Waals surface area contributed by atoms with Gasteiger partial charge < -0.3 is 35.0 Å². The van der Waals surface area contributed by atoms with Crippen molar-refractivity contribution < 1.29 is 86.8 Å². The first kappa shape index (κ1) is 34.6. The summed E-state index contributed by atoms with van der Waals surface area (Å²) in [4.78, 5) is 47.3. The molecule has 0 unspecified atom stereocenters. The predicted molar refractivity (Wildman–Crippen MR) is 141 cm³/mol. The summed E-state index contributed by atoms with van der Waals surface area (Å²) in [6.45, 7) is 2.64. The third-order valence-electron chi connectivity index (χ3n) is 6.06. The van der Waals surface area contributed by atoms with Gasteiger partial charge in [-0.2, -0.15) is 0 Å². The Labute approximate surface area is 275 Å². The molecule has 1 aliphatic carbocycles. The molecule has 0 spiro atoms. The average molecular weight is 600 g/mol. The van der Waals surface area contributed by atoms with Gasteiger partial charge in [0.2, 0.25) is 0 Å². The zero-order valence-corrected chi connectivity index (χ0v) is 28.0. The maximum atomic E-state index is 12.8. The summed E-state index contributed by atoms with van der Waals surface area (Å²) in [6.07, 6.45) is 6.91. The molecule has 0 aliphatic heterocycles. The zero-order valence-electron chi connectivity index (χ0n) is 23.1. The molecule has 0 fully saturated rings. The first-order valence-electron chi connectivity index (χ1n) is 13.1. The number of rotatable bonds is 17. The van der Waals surface area contributed by atoms with Gasteiger partial charge in [-0.25, -0.2) is 4.79 Å². The minimum absolute atomic E-state index is 0. The van der Waals surface area contributed by atoms with Gasteiger partial charge in [0.1, 0.15) is 5.78 Å². The van der Waals surface area contributed by atoms with E-state index in [-0.39, 0.29) is 102 Å². The number of hydrogen-bond acceptors (Lipinski definition) is 7. The molecule has 9 nitrogen and oxygen atoms in total. The molecule has 2 N–H and O–H groups in total. The summed E-state index contributed by atoms with van der Waals surface area (Å²) in [5, 5.41) is 9.83. The molecule has 0 saturated heterocycles.